The van der Waals surface area contributed by atoms with Crippen LogP contribution in [0.25, 0.3) is 0 Å². The van der Waals surface area contributed by atoms with E-state index in [2.05, 4.69) is 24.4 Å². The van der Waals surface area contributed by atoms with E-state index in [0.29, 0.717) is 11.6 Å². The molecule has 2 atom stereocenters. The Balaban J connectivity index is 1.74. The van der Waals surface area contributed by atoms with Crippen LogP contribution >= 0.6 is 11.3 Å². The zero-order valence-electron chi connectivity index (χ0n) is 13.3. The highest BCUT2D eigenvalue weighted by Gasteiger charge is 2.44. The van der Waals surface area contributed by atoms with Crippen molar-refractivity contribution in [2.45, 2.75) is 31.1 Å². The van der Waals surface area contributed by atoms with Crippen molar-refractivity contribution in [3.63, 3.8) is 0 Å². The molecule has 0 unspecified atom stereocenters. The number of sulfone groups is 1. The van der Waals surface area contributed by atoms with Gasteiger partial charge >= 0.3 is 0 Å². The first-order valence-corrected chi connectivity index (χ1v) is 10.1. The molecule has 4 nitrogen and oxygen atoms in total. The number of aryl methyl sites for hydroxylation is 2. The summed E-state index contributed by atoms with van der Waals surface area (Å²) in [6.07, 6.45) is 2.02. The fraction of sp³-hybridized carbons (Fsp3) is 0.353. The minimum Gasteiger partial charge on any atom is -0.326 e. The van der Waals surface area contributed by atoms with Crippen molar-refractivity contribution in [3.8, 4) is 0 Å². The molecular weight excluding hydrogens is 330 g/mol. The second-order valence-corrected chi connectivity index (χ2v) is 9.47. The van der Waals surface area contributed by atoms with Crippen LogP contribution in [-0.2, 0) is 14.6 Å². The fourth-order valence-corrected chi connectivity index (χ4v) is 4.35. The van der Waals surface area contributed by atoms with E-state index in [-0.39, 0.29) is 16.7 Å². The van der Waals surface area contributed by atoms with Crippen LogP contribution in [0.4, 0.5) is 5.69 Å². The smallest absolute Gasteiger partial charge is 0.228 e. The normalized spacial score (nSPS) is 20.3. The van der Waals surface area contributed by atoms with Gasteiger partial charge in [0.1, 0.15) is 0 Å². The molecule has 1 aromatic carbocycles. The molecule has 0 radical (unpaired) electrons. The molecule has 0 spiro atoms. The number of carbonyl (C=O) groups excluding carboxylic acids is 1. The summed E-state index contributed by atoms with van der Waals surface area (Å²) in [5.74, 6) is 0.247. The van der Waals surface area contributed by atoms with Crippen molar-refractivity contribution in [1.82, 2.24) is 0 Å². The fourth-order valence-electron chi connectivity index (χ4n) is 2.64. The van der Waals surface area contributed by atoms with Gasteiger partial charge in [-0.2, -0.15) is 0 Å². The lowest BCUT2D eigenvalue weighted by atomic mass is 10.2. The van der Waals surface area contributed by atoms with Crippen molar-refractivity contribution in [3.05, 3.63) is 45.6 Å². The molecular formula is C17H19NO3S2. The van der Waals surface area contributed by atoms with Crippen LogP contribution in [0.5, 0.6) is 0 Å². The standard InChI is InChI=1S/C17H19NO3S2/c1-10-4-6-12(23(3,20)21)8-15(10)18-17(19)14-9-13(14)16-7-5-11(2)22-16/h4-8,13-14H,9H2,1-3H3,(H,18,19)/t13-,14+/m1/s1. The van der Waals surface area contributed by atoms with E-state index in [1.54, 1.807) is 23.5 Å². The highest BCUT2D eigenvalue weighted by Crippen LogP contribution is 2.50. The van der Waals surface area contributed by atoms with Crippen LogP contribution in [0.1, 0.15) is 27.7 Å². The van der Waals surface area contributed by atoms with E-state index in [4.69, 9.17) is 0 Å². The Hall–Kier alpha value is -1.66. The summed E-state index contributed by atoms with van der Waals surface area (Å²) in [6, 6.07) is 8.99. The first-order chi connectivity index (χ1) is 10.8. The molecule has 1 amide bonds. The number of rotatable bonds is 4. The second-order valence-electron chi connectivity index (χ2n) is 6.14. The molecule has 1 N–H and O–H groups in total. The molecule has 6 heteroatoms. The molecule has 1 aliphatic carbocycles. The third-order valence-corrected chi connectivity index (χ3v) is 6.39. The van der Waals surface area contributed by atoms with Gasteiger partial charge in [0.05, 0.1) is 4.90 Å². The van der Waals surface area contributed by atoms with Gasteiger partial charge in [-0.25, -0.2) is 8.42 Å². The van der Waals surface area contributed by atoms with Crippen LogP contribution < -0.4 is 5.32 Å². The SMILES string of the molecule is Cc1ccc([C@@H]2C[C@@H]2C(=O)Nc2cc(S(C)(=O)=O)ccc2C)s1. The van der Waals surface area contributed by atoms with Crippen LogP contribution in [-0.4, -0.2) is 20.6 Å². The van der Waals surface area contributed by atoms with Gasteiger partial charge in [-0.1, -0.05) is 6.07 Å². The number of nitrogens with one attached hydrogen (secondary N) is 1. The molecule has 23 heavy (non-hydrogen) atoms. The summed E-state index contributed by atoms with van der Waals surface area (Å²) < 4.78 is 23.3. The van der Waals surface area contributed by atoms with Crippen LogP contribution in [0, 0.1) is 19.8 Å². The Bertz CT molecular complexity index is 868. The van der Waals surface area contributed by atoms with Gasteiger partial charge in [0.25, 0.3) is 0 Å². The molecule has 1 heterocycles. The molecule has 1 fully saturated rings. The average Bonchev–Trinajstić information content (AvgIpc) is 3.15. The molecule has 1 saturated carbocycles. The zero-order valence-corrected chi connectivity index (χ0v) is 14.9. The summed E-state index contributed by atoms with van der Waals surface area (Å²) in [5.41, 5.74) is 1.43. The summed E-state index contributed by atoms with van der Waals surface area (Å²) in [6.45, 7) is 3.92. The predicted octanol–water partition coefficient (Wildman–Crippen LogP) is 3.51. The van der Waals surface area contributed by atoms with E-state index in [1.807, 2.05) is 6.92 Å². The number of thiophene rings is 1. The van der Waals surface area contributed by atoms with Crippen molar-refractivity contribution < 1.29 is 13.2 Å². The van der Waals surface area contributed by atoms with Crippen molar-refractivity contribution >= 4 is 32.8 Å². The maximum absolute atomic E-state index is 12.4. The molecule has 1 aliphatic rings. The molecule has 122 valence electrons. The second kappa shape index (κ2) is 5.76. The Labute approximate surface area is 140 Å². The van der Waals surface area contributed by atoms with E-state index in [1.165, 1.54) is 22.1 Å². The van der Waals surface area contributed by atoms with Crippen LogP contribution in [0.15, 0.2) is 35.2 Å². The average molecular weight is 349 g/mol. The largest absolute Gasteiger partial charge is 0.326 e. The van der Waals surface area contributed by atoms with Crippen molar-refractivity contribution in [2.75, 3.05) is 11.6 Å². The van der Waals surface area contributed by atoms with Crippen molar-refractivity contribution in [2.24, 2.45) is 5.92 Å². The molecule has 1 aromatic heterocycles. The number of anilines is 1. The van der Waals surface area contributed by atoms with Gasteiger partial charge in [-0.05, 0) is 50.1 Å². The first kappa shape index (κ1) is 16.2. The van der Waals surface area contributed by atoms with Gasteiger partial charge in [-0.3, -0.25) is 4.79 Å². The van der Waals surface area contributed by atoms with Crippen LogP contribution in [0.2, 0.25) is 0 Å². The molecule has 0 saturated heterocycles. The number of hydrogen-bond donors (Lipinski definition) is 1. The molecule has 3 rings (SSSR count). The van der Waals surface area contributed by atoms with E-state index < -0.39 is 9.84 Å². The Morgan fingerprint density at radius 3 is 2.57 bits per heavy atom. The quantitative estimate of drug-likeness (QED) is 0.919. The highest BCUT2D eigenvalue weighted by atomic mass is 32.2. The third-order valence-electron chi connectivity index (χ3n) is 4.15. The monoisotopic (exact) mass is 349 g/mol. The first-order valence-electron chi connectivity index (χ1n) is 7.43. The van der Waals surface area contributed by atoms with Gasteiger partial charge in [-0.15, -0.1) is 11.3 Å². The Morgan fingerprint density at radius 1 is 1.22 bits per heavy atom. The predicted molar refractivity (Wildman–Crippen MR) is 92.8 cm³/mol. The van der Waals surface area contributed by atoms with Crippen molar-refractivity contribution in [1.29, 1.82) is 0 Å². The minimum absolute atomic E-state index is 0.0191. The van der Waals surface area contributed by atoms with Gasteiger partial charge in [0.15, 0.2) is 9.84 Å². The zero-order chi connectivity index (χ0) is 16.8. The van der Waals surface area contributed by atoms with E-state index in [9.17, 15) is 13.2 Å². The lowest BCUT2D eigenvalue weighted by Crippen LogP contribution is -2.15. The molecule has 0 bridgehead atoms. The van der Waals surface area contributed by atoms with Gasteiger partial charge in [0.2, 0.25) is 5.91 Å². The Kier molecular flexibility index (Phi) is 4.06. The number of benzene rings is 1. The molecule has 0 aliphatic heterocycles. The summed E-state index contributed by atoms with van der Waals surface area (Å²) in [5, 5.41) is 2.89. The maximum atomic E-state index is 12.4. The number of carbonyl (C=O) groups is 1. The van der Waals surface area contributed by atoms with E-state index >= 15 is 0 Å². The van der Waals surface area contributed by atoms with Gasteiger partial charge < -0.3 is 5.32 Å². The summed E-state index contributed by atoms with van der Waals surface area (Å²) in [4.78, 5) is 15.2. The summed E-state index contributed by atoms with van der Waals surface area (Å²) in [7, 11) is -3.28. The Morgan fingerprint density at radius 2 is 1.96 bits per heavy atom. The van der Waals surface area contributed by atoms with Gasteiger partial charge in [0, 0.05) is 33.5 Å². The van der Waals surface area contributed by atoms with E-state index in [0.717, 1.165) is 12.0 Å². The number of hydrogen-bond acceptors (Lipinski definition) is 4. The maximum Gasteiger partial charge on any atom is 0.228 e. The highest BCUT2D eigenvalue weighted by molar-refractivity contribution is 7.90. The lowest BCUT2D eigenvalue weighted by Gasteiger charge is -2.10. The van der Waals surface area contributed by atoms with Crippen LogP contribution in [0.3, 0.4) is 0 Å². The minimum atomic E-state index is -3.28. The lowest BCUT2D eigenvalue weighted by molar-refractivity contribution is -0.117. The topological polar surface area (TPSA) is 63.2 Å². The molecule has 2 aromatic rings. The number of amides is 1. The third kappa shape index (κ3) is 3.48. The summed E-state index contributed by atoms with van der Waals surface area (Å²) >= 11 is 1.74.